The smallest absolute Gasteiger partial charge is 0.258 e. The van der Waals surface area contributed by atoms with Crippen molar-refractivity contribution in [1.29, 1.82) is 0 Å². The topological polar surface area (TPSA) is 101 Å². The zero-order valence-corrected chi connectivity index (χ0v) is 12.4. The standard InChI is InChI=1S/C13H15N3O4S/c1-3-21(19,20)10-4-5-12(17)11(6-10)15-13(18)9-7-14-16(2)8-9/h4-8,17H,3H2,1-2H3,(H,15,18). The van der Waals surface area contributed by atoms with E-state index in [0.717, 1.165) is 0 Å². The molecule has 0 atom stereocenters. The van der Waals surface area contributed by atoms with E-state index in [4.69, 9.17) is 0 Å². The number of sulfone groups is 1. The minimum absolute atomic E-state index is 0.0402. The normalized spacial score (nSPS) is 11.3. The number of hydrogen-bond donors (Lipinski definition) is 2. The van der Waals surface area contributed by atoms with Gasteiger partial charge in [-0.05, 0) is 18.2 Å². The SMILES string of the molecule is CCS(=O)(=O)c1ccc(O)c(NC(=O)c2cnn(C)c2)c1. The first-order valence-electron chi connectivity index (χ1n) is 6.19. The molecule has 0 spiro atoms. The van der Waals surface area contributed by atoms with Crippen molar-refractivity contribution in [1.82, 2.24) is 9.78 Å². The van der Waals surface area contributed by atoms with Crippen molar-refractivity contribution in [2.75, 3.05) is 11.1 Å². The van der Waals surface area contributed by atoms with Crippen LogP contribution in [0.2, 0.25) is 0 Å². The molecule has 1 heterocycles. The van der Waals surface area contributed by atoms with Crippen molar-refractivity contribution >= 4 is 21.4 Å². The molecule has 0 radical (unpaired) electrons. The zero-order chi connectivity index (χ0) is 15.6. The largest absolute Gasteiger partial charge is 0.506 e. The zero-order valence-electron chi connectivity index (χ0n) is 11.6. The number of amides is 1. The lowest BCUT2D eigenvalue weighted by atomic mass is 10.2. The van der Waals surface area contributed by atoms with Crippen molar-refractivity contribution in [3.05, 3.63) is 36.2 Å². The molecule has 0 fully saturated rings. The number of rotatable bonds is 4. The Labute approximate surface area is 122 Å². The maximum Gasteiger partial charge on any atom is 0.258 e. The number of hydrogen-bond acceptors (Lipinski definition) is 5. The average Bonchev–Trinajstić information content (AvgIpc) is 2.87. The quantitative estimate of drug-likeness (QED) is 0.826. The van der Waals surface area contributed by atoms with Crippen LogP contribution in [-0.2, 0) is 16.9 Å². The van der Waals surface area contributed by atoms with Crippen molar-refractivity contribution in [2.24, 2.45) is 7.05 Å². The Morgan fingerprint density at radius 3 is 2.71 bits per heavy atom. The van der Waals surface area contributed by atoms with Gasteiger partial charge in [-0.2, -0.15) is 5.10 Å². The third kappa shape index (κ3) is 3.22. The lowest BCUT2D eigenvalue weighted by molar-refractivity contribution is 0.102. The lowest BCUT2D eigenvalue weighted by Crippen LogP contribution is -2.12. The van der Waals surface area contributed by atoms with Gasteiger partial charge in [0.05, 0.1) is 28.1 Å². The van der Waals surface area contributed by atoms with E-state index in [1.54, 1.807) is 7.05 Å². The van der Waals surface area contributed by atoms with Crippen LogP contribution < -0.4 is 5.32 Å². The monoisotopic (exact) mass is 309 g/mol. The highest BCUT2D eigenvalue weighted by molar-refractivity contribution is 7.91. The number of aromatic nitrogens is 2. The molecule has 0 saturated carbocycles. The molecule has 1 aromatic heterocycles. The van der Waals surface area contributed by atoms with Crippen LogP contribution in [0.3, 0.4) is 0 Å². The summed E-state index contributed by atoms with van der Waals surface area (Å²) in [6.07, 6.45) is 2.89. The van der Waals surface area contributed by atoms with Crippen molar-refractivity contribution in [2.45, 2.75) is 11.8 Å². The second-order valence-electron chi connectivity index (χ2n) is 4.44. The number of benzene rings is 1. The average molecular weight is 309 g/mol. The summed E-state index contributed by atoms with van der Waals surface area (Å²) in [6.45, 7) is 1.52. The third-order valence-corrected chi connectivity index (χ3v) is 4.65. The number of anilines is 1. The van der Waals surface area contributed by atoms with Crippen LogP contribution in [0.5, 0.6) is 5.75 Å². The second kappa shape index (κ2) is 5.57. The van der Waals surface area contributed by atoms with E-state index in [0.29, 0.717) is 5.56 Å². The summed E-state index contributed by atoms with van der Waals surface area (Å²) in [4.78, 5) is 12.0. The summed E-state index contributed by atoms with van der Waals surface area (Å²) in [6, 6.07) is 3.78. The van der Waals surface area contributed by atoms with Crippen LogP contribution in [-0.4, -0.2) is 35.0 Å². The van der Waals surface area contributed by atoms with Gasteiger partial charge in [0.2, 0.25) is 0 Å². The number of nitrogens with zero attached hydrogens (tertiary/aromatic N) is 2. The van der Waals surface area contributed by atoms with Crippen molar-refractivity contribution in [3.63, 3.8) is 0 Å². The predicted molar refractivity (Wildman–Crippen MR) is 77.0 cm³/mol. The fraction of sp³-hybridized carbons (Fsp3) is 0.231. The predicted octanol–water partition coefficient (Wildman–Crippen LogP) is 1.17. The van der Waals surface area contributed by atoms with E-state index in [1.807, 2.05) is 0 Å². The van der Waals surface area contributed by atoms with Gasteiger partial charge in [-0.15, -0.1) is 0 Å². The molecule has 0 saturated heterocycles. The van der Waals surface area contributed by atoms with E-state index in [-0.39, 0.29) is 22.1 Å². The number of phenolic OH excluding ortho intramolecular Hbond substituents is 1. The Kier molecular flexibility index (Phi) is 3.99. The van der Waals surface area contributed by atoms with E-state index in [2.05, 4.69) is 10.4 Å². The molecular formula is C13H15N3O4S. The van der Waals surface area contributed by atoms with Crippen LogP contribution in [0.1, 0.15) is 17.3 Å². The second-order valence-corrected chi connectivity index (χ2v) is 6.72. The summed E-state index contributed by atoms with van der Waals surface area (Å²) in [5, 5.41) is 16.1. The molecule has 21 heavy (non-hydrogen) atoms. The van der Waals surface area contributed by atoms with Crippen LogP contribution in [0.25, 0.3) is 0 Å². The highest BCUT2D eigenvalue weighted by Gasteiger charge is 2.16. The molecule has 0 aliphatic heterocycles. The number of aryl methyl sites for hydroxylation is 1. The van der Waals surface area contributed by atoms with Crippen molar-refractivity contribution in [3.8, 4) is 5.75 Å². The highest BCUT2D eigenvalue weighted by Crippen LogP contribution is 2.27. The Morgan fingerprint density at radius 2 is 2.14 bits per heavy atom. The van der Waals surface area contributed by atoms with E-state index >= 15 is 0 Å². The fourth-order valence-corrected chi connectivity index (χ4v) is 2.61. The molecule has 1 aromatic carbocycles. The minimum atomic E-state index is -3.41. The molecule has 2 rings (SSSR count). The lowest BCUT2D eigenvalue weighted by Gasteiger charge is -2.09. The van der Waals surface area contributed by atoms with Gasteiger partial charge in [0.15, 0.2) is 9.84 Å². The summed E-state index contributed by atoms with van der Waals surface area (Å²) in [5.41, 5.74) is 0.346. The van der Waals surface area contributed by atoms with Gasteiger partial charge in [0.1, 0.15) is 5.75 Å². The molecule has 0 aliphatic rings. The first kappa shape index (κ1) is 15.0. The van der Waals surface area contributed by atoms with Gasteiger partial charge in [-0.1, -0.05) is 6.92 Å². The summed E-state index contributed by atoms with van der Waals surface area (Å²) < 4.78 is 25.1. The number of aromatic hydroxyl groups is 1. The first-order valence-corrected chi connectivity index (χ1v) is 7.84. The van der Waals surface area contributed by atoms with Gasteiger partial charge in [0, 0.05) is 13.2 Å². The number of carbonyl (C=O) groups is 1. The molecule has 1 amide bonds. The maximum atomic E-state index is 12.0. The van der Waals surface area contributed by atoms with Crippen LogP contribution in [0, 0.1) is 0 Å². The Hall–Kier alpha value is -2.35. The Morgan fingerprint density at radius 1 is 1.43 bits per heavy atom. The first-order chi connectivity index (χ1) is 9.83. The number of carbonyl (C=O) groups excluding carboxylic acids is 1. The van der Waals surface area contributed by atoms with Crippen LogP contribution >= 0.6 is 0 Å². The van der Waals surface area contributed by atoms with Crippen LogP contribution in [0.15, 0.2) is 35.5 Å². The van der Waals surface area contributed by atoms with Gasteiger partial charge in [-0.3, -0.25) is 9.48 Å². The van der Waals surface area contributed by atoms with Gasteiger partial charge >= 0.3 is 0 Å². The number of nitrogens with one attached hydrogen (secondary N) is 1. The van der Waals surface area contributed by atoms with E-state index in [9.17, 15) is 18.3 Å². The minimum Gasteiger partial charge on any atom is -0.506 e. The van der Waals surface area contributed by atoms with Gasteiger partial charge in [-0.25, -0.2) is 8.42 Å². The molecular weight excluding hydrogens is 294 g/mol. The van der Waals surface area contributed by atoms with E-state index in [1.165, 1.54) is 42.2 Å². The fourth-order valence-electron chi connectivity index (χ4n) is 1.71. The molecule has 8 heteroatoms. The molecule has 7 nitrogen and oxygen atoms in total. The molecule has 0 unspecified atom stereocenters. The number of phenols is 1. The van der Waals surface area contributed by atoms with Crippen LogP contribution in [0.4, 0.5) is 5.69 Å². The summed E-state index contributed by atoms with van der Waals surface area (Å²) in [5.74, 6) is -0.750. The third-order valence-electron chi connectivity index (χ3n) is 2.92. The summed E-state index contributed by atoms with van der Waals surface area (Å²) >= 11 is 0. The molecule has 2 aromatic rings. The van der Waals surface area contributed by atoms with E-state index < -0.39 is 15.7 Å². The molecule has 0 bridgehead atoms. The Balaban J connectivity index is 2.32. The Bertz CT molecular complexity index is 780. The van der Waals surface area contributed by atoms with Gasteiger partial charge < -0.3 is 10.4 Å². The highest BCUT2D eigenvalue weighted by atomic mass is 32.2. The van der Waals surface area contributed by atoms with Crippen molar-refractivity contribution < 1.29 is 18.3 Å². The maximum absolute atomic E-state index is 12.0. The van der Waals surface area contributed by atoms with Gasteiger partial charge in [0.25, 0.3) is 5.91 Å². The molecule has 0 aliphatic carbocycles. The molecule has 2 N–H and O–H groups in total. The summed E-state index contributed by atoms with van der Waals surface area (Å²) in [7, 11) is -1.74. The molecule has 112 valence electrons.